The zero-order valence-corrected chi connectivity index (χ0v) is 16.8. The van der Waals surface area contributed by atoms with Crippen molar-refractivity contribution in [3.05, 3.63) is 51.2 Å². The largest absolute Gasteiger partial charge is 0.450 e. The summed E-state index contributed by atoms with van der Waals surface area (Å²) in [6.07, 6.45) is 4.39. The number of rotatable bonds is 6. The Balaban J connectivity index is 1.64. The molecule has 0 fully saturated rings. The molecule has 0 spiro atoms. The van der Waals surface area contributed by atoms with Crippen molar-refractivity contribution in [1.82, 2.24) is 0 Å². The van der Waals surface area contributed by atoms with Crippen molar-refractivity contribution in [3.8, 4) is 0 Å². The van der Waals surface area contributed by atoms with Gasteiger partial charge < -0.3 is 4.74 Å². The molecular weight excluding hydrogens is 386 g/mol. The SMILES string of the molecule is C[C@H](OC(=O)c1cc2c(s1)CCCC2)C(=O)c1ccc(NS(C)(=O)=O)cc1. The summed E-state index contributed by atoms with van der Waals surface area (Å²) in [6, 6.07) is 7.88. The fourth-order valence-corrected chi connectivity index (χ4v) is 4.72. The van der Waals surface area contributed by atoms with E-state index in [0.717, 1.165) is 31.9 Å². The molecule has 8 heteroatoms. The highest BCUT2D eigenvalue weighted by Crippen LogP contribution is 2.30. The number of hydrogen-bond acceptors (Lipinski definition) is 6. The van der Waals surface area contributed by atoms with Crippen molar-refractivity contribution in [1.29, 1.82) is 0 Å². The molecule has 0 bridgehead atoms. The summed E-state index contributed by atoms with van der Waals surface area (Å²) in [5.41, 5.74) is 1.92. The van der Waals surface area contributed by atoms with Gasteiger partial charge in [0.1, 0.15) is 4.88 Å². The van der Waals surface area contributed by atoms with Gasteiger partial charge in [-0.3, -0.25) is 9.52 Å². The maximum Gasteiger partial charge on any atom is 0.349 e. The van der Waals surface area contributed by atoms with Gasteiger partial charge in [0.25, 0.3) is 0 Å². The van der Waals surface area contributed by atoms with Gasteiger partial charge >= 0.3 is 5.97 Å². The van der Waals surface area contributed by atoms with E-state index < -0.39 is 22.1 Å². The number of thiophene rings is 1. The number of ether oxygens (including phenoxy) is 1. The van der Waals surface area contributed by atoms with E-state index in [-0.39, 0.29) is 5.78 Å². The lowest BCUT2D eigenvalue weighted by molar-refractivity contribution is 0.0323. The molecule has 1 aromatic heterocycles. The monoisotopic (exact) mass is 407 g/mol. The Kier molecular flexibility index (Phi) is 5.67. The van der Waals surface area contributed by atoms with Gasteiger partial charge in [-0.1, -0.05) is 0 Å². The normalized spacial score (nSPS) is 14.9. The molecule has 1 aliphatic rings. The molecule has 1 aromatic carbocycles. The first-order chi connectivity index (χ1) is 12.7. The lowest BCUT2D eigenvalue weighted by atomic mass is 9.99. The van der Waals surface area contributed by atoms with Crippen LogP contribution in [0.1, 0.15) is 50.2 Å². The maximum absolute atomic E-state index is 12.5. The van der Waals surface area contributed by atoms with E-state index >= 15 is 0 Å². The molecule has 1 heterocycles. The number of ketones is 1. The minimum absolute atomic E-state index is 0.337. The highest BCUT2D eigenvalue weighted by Gasteiger charge is 2.23. The third-order valence-corrected chi connectivity index (χ3v) is 6.15. The van der Waals surface area contributed by atoms with Crippen LogP contribution in [0.4, 0.5) is 5.69 Å². The zero-order chi connectivity index (χ0) is 19.6. The molecule has 6 nitrogen and oxygen atoms in total. The second-order valence-corrected chi connectivity index (χ2v) is 9.51. The van der Waals surface area contributed by atoms with Gasteiger partial charge in [-0.25, -0.2) is 13.2 Å². The molecule has 27 heavy (non-hydrogen) atoms. The Morgan fingerprint density at radius 2 is 1.81 bits per heavy atom. The lowest BCUT2D eigenvalue weighted by Crippen LogP contribution is -2.24. The zero-order valence-electron chi connectivity index (χ0n) is 15.2. The first-order valence-corrected chi connectivity index (χ1v) is 11.4. The number of Topliss-reactive ketones (excluding diaryl/α,β-unsaturated/α-hetero) is 1. The van der Waals surface area contributed by atoms with E-state index in [4.69, 9.17) is 4.74 Å². The van der Waals surface area contributed by atoms with Crippen molar-refractivity contribution >= 4 is 38.8 Å². The van der Waals surface area contributed by atoms with Crippen LogP contribution in [0.2, 0.25) is 0 Å². The van der Waals surface area contributed by atoms with Crippen LogP contribution in [0.15, 0.2) is 30.3 Å². The van der Waals surface area contributed by atoms with Gasteiger partial charge in [0.2, 0.25) is 15.8 Å². The second kappa shape index (κ2) is 7.82. The van der Waals surface area contributed by atoms with E-state index in [1.807, 2.05) is 6.07 Å². The van der Waals surface area contributed by atoms with E-state index in [1.165, 1.54) is 53.0 Å². The summed E-state index contributed by atoms with van der Waals surface area (Å²) in [7, 11) is -3.38. The smallest absolute Gasteiger partial charge is 0.349 e. The van der Waals surface area contributed by atoms with Gasteiger partial charge in [-0.15, -0.1) is 11.3 Å². The molecule has 0 aliphatic heterocycles. The number of aryl methyl sites for hydroxylation is 2. The molecular formula is C19H21NO5S2. The summed E-state index contributed by atoms with van der Waals surface area (Å²) in [5, 5.41) is 0. The third-order valence-electron chi connectivity index (χ3n) is 4.32. The molecule has 0 saturated carbocycles. The van der Waals surface area contributed by atoms with Crippen LogP contribution in [-0.4, -0.2) is 32.5 Å². The topological polar surface area (TPSA) is 89.5 Å². The molecule has 3 rings (SSSR count). The number of anilines is 1. The van der Waals surface area contributed by atoms with Gasteiger partial charge in [0.05, 0.1) is 6.26 Å². The van der Waals surface area contributed by atoms with Crippen molar-refractivity contribution in [2.75, 3.05) is 11.0 Å². The molecule has 0 amide bonds. The summed E-state index contributed by atoms with van der Waals surface area (Å²) < 4.78 is 30.1. The Bertz CT molecular complexity index is 937. The molecule has 144 valence electrons. The van der Waals surface area contributed by atoms with Crippen LogP contribution >= 0.6 is 11.3 Å². The van der Waals surface area contributed by atoms with E-state index in [0.29, 0.717) is 16.1 Å². The van der Waals surface area contributed by atoms with Crippen LogP contribution in [-0.2, 0) is 27.6 Å². The lowest BCUT2D eigenvalue weighted by Gasteiger charge is -2.12. The number of carbonyl (C=O) groups excluding carboxylic acids is 2. The summed E-state index contributed by atoms with van der Waals surface area (Å²) in [5.74, 6) is -0.818. The van der Waals surface area contributed by atoms with Gasteiger partial charge in [0.15, 0.2) is 6.10 Å². The fourth-order valence-electron chi connectivity index (χ4n) is 3.01. The average Bonchev–Trinajstić information content (AvgIpc) is 3.04. The van der Waals surface area contributed by atoms with Gasteiger partial charge in [-0.05, 0) is 68.5 Å². The number of carbonyl (C=O) groups is 2. The number of fused-ring (bicyclic) bond motifs is 1. The van der Waals surface area contributed by atoms with Crippen LogP contribution in [0.5, 0.6) is 0 Å². The van der Waals surface area contributed by atoms with Crippen molar-refractivity contribution in [3.63, 3.8) is 0 Å². The highest BCUT2D eigenvalue weighted by atomic mass is 32.2. The predicted octanol–water partition coefficient (Wildman–Crippen LogP) is 3.43. The number of benzene rings is 1. The van der Waals surface area contributed by atoms with Crippen molar-refractivity contribution < 1.29 is 22.7 Å². The summed E-state index contributed by atoms with van der Waals surface area (Å²) in [4.78, 5) is 26.6. The highest BCUT2D eigenvalue weighted by molar-refractivity contribution is 7.92. The second-order valence-electron chi connectivity index (χ2n) is 6.63. The van der Waals surface area contributed by atoms with Crippen molar-refractivity contribution in [2.45, 2.75) is 38.7 Å². The van der Waals surface area contributed by atoms with Crippen LogP contribution in [0.3, 0.4) is 0 Å². The molecule has 0 radical (unpaired) electrons. The van der Waals surface area contributed by atoms with Crippen LogP contribution in [0.25, 0.3) is 0 Å². The first kappa shape index (κ1) is 19.6. The molecule has 0 unspecified atom stereocenters. The number of hydrogen-bond donors (Lipinski definition) is 1. The fraction of sp³-hybridized carbons (Fsp3) is 0.368. The summed E-state index contributed by atoms with van der Waals surface area (Å²) >= 11 is 1.45. The van der Waals surface area contributed by atoms with Crippen LogP contribution < -0.4 is 4.72 Å². The van der Waals surface area contributed by atoms with Gasteiger partial charge in [0, 0.05) is 16.1 Å². The Morgan fingerprint density at radius 3 is 2.44 bits per heavy atom. The van der Waals surface area contributed by atoms with E-state index in [2.05, 4.69) is 4.72 Å². The first-order valence-electron chi connectivity index (χ1n) is 8.67. The standard InChI is InChI=1S/C19H21NO5S2/c1-12(18(21)13-7-9-15(10-8-13)20-27(2,23)24)25-19(22)17-11-14-5-3-4-6-16(14)26-17/h7-12,20H,3-6H2,1-2H3/t12-/m0/s1. The van der Waals surface area contributed by atoms with Gasteiger partial charge in [-0.2, -0.15) is 0 Å². The Hall–Kier alpha value is -2.19. The minimum Gasteiger partial charge on any atom is -0.450 e. The molecule has 0 saturated heterocycles. The average molecular weight is 408 g/mol. The van der Waals surface area contributed by atoms with Crippen molar-refractivity contribution in [2.24, 2.45) is 0 Å². The maximum atomic E-state index is 12.5. The molecule has 1 N–H and O–H groups in total. The quantitative estimate of drug-likeness (QED) is 0.585. The minimum atomic E-state index is -3.38. The van der Waals surface area contributed by atoms with E-state index in [1.54, 1.807) is 0 Å². The Morgan fingerprint density at radius 1 is 1.15 bits per heavy atom. The molecule has 1 atom stereocenters. The van der Waals surface area contributed by atoms with E-state index in [9.17, 15) is 18.0 Å². The number of esters is 1. The predicted molar refractivity (Wildman–Crippen MR) is 105 cm³/mol. The summed E-state index contributed by atoms with van der Waals surface area (Å²) in [6.45, 7) is 1.54. The molecule has 2 aromatic rings. The molecule has 1 aliphatic carbocycles. The van der Waals surface area contributed by atoms with Crippen LogP contribution in [0, 0.1) is 0 Å². The third kappa shape index (κ3) is 4.95. The number of nitrogens with one attached hydrogen (secondary N) is 1. The Labute approximate surface area is 162 Å². The number of sulfonamides is 1.